The molecule has 25 heavy (non-hydrogen) atoms. The number of nitrogens with zero attached hydrogens (tertiary/aromatic N) is 3. The molecule has 1 unspecified atom stereocenters. The van der Waals surface area contributed by atoms with Crippen molar-refractivity contribution in [2.24, 2.45) is 0 Å². The predicted molar refractivity (Wildman–Crippen MR) is 98.5 cm³/mol. The van der Waals surface area contributed by atoms with Gasteiger partial charge in [0.1, 0.15) is 11.6 Å². The quantitative estimate of drug-likeness (QED) is 0.872. The highest BCUT2D eigenvalue weighted by atomic mass is 32.2. The number of hydrogen-bond acceptors (Lipinski definition) is 7. The van der Waals surface area contributed by atoms with Crippen LogP contribution in [0.5, 0.6) is 5.75 Å². The number of methoxy groups -OCH3 is 1. The number of nitrogens with one attached hydrogen (secondary N) is 1. The molecule has 0 saturated carbocycles. The zero-order chi connectivity index (χ0) is 18.0. The zero-order valence-electron chi connectivity index (χ0n) is 14.6. The Morgan fingerprint density at radius 3 is 2.80 bits per heavy atom. The molecule has 7 nitrogen and oxygen atoms in total. The highest BCUT2D eigenvalue weighted by Gasteiger charge is 2.31. The summed E-state index contributed by atoms with van der Waals surface area (Å²) in [5, 5.41) is 3.17. The van der Waals surface area contributed by atoms with Crippen molar-refractivity contribution in [1.29, 1.82) is 0 Å². The minimum Gasteiger partial charge on any atom is -0.495 e. The van der Waals surface area contributed by atoms with Crippen molar-refractivity contribution in [3.05, 3.63) is 36.0 Å². The molecule has 0 radical (unpaired) electrons. The van der Waals surface area contributed by atoms with Gasteiger partial charge in [-0.05, 0) is 37.1 Å². The summed E-state index contributed by atoms with van der Waals surface area (Å²) < 4.78 is 28.8. The van der Waals surface area contributed by atoms with Gasteiger partial charge in [0.25, 0.3) is 0 Å². The molecular weight excluding hydrogens is 340 g/mol. The molecule has 8 heteroatoms. The van der Waals surface area contributed by atoms with Crippen LogP contribution in [0.4, 0.5) is 17.5 Å². The van der Waals surface area contributed by atoms with Crippen LogP contribution in [0.2, 0.25) is 0 Å². The van der Waals surface area contributed by atoms with Crippen molar-refractivity contribution in [1.82, 2.24) is 9.97 Å². The van der Waals surface area contributed by atoms with Gasteiger partial charge in [0.15, 0.2) is 9.84 Å². The van der Waals surface area contributed by atoms with E-state index in [1.165, 1.54) is 0 Å². The number of hydrogen-bond donors (Lipinski definition) is 1. The first kappa shape index (κ1) is 17.5. The van der Waals surface area contributed by atoms with Crippen LogP contribution in [0.25, 0.3) is 0 Å². The van der Waals surface area contributed by atoms with E-state index in [0.717, 1.165) is 11.3 Å². The van der Waals surface area contributed by atoms with Crippen molar-refractivity contribution < 1.29 is 13.2 Å². The Morgan fingerprint density at radius 1 is 1.32 bits per heavy atom. The van der Waals surface area contributed by atoms with Crippen LogP contribution in [0.1, 0.15) is 12.0 Å². The third-order valence-corrected chi connectivity index (χ3v) is 6.11. The number of benzene rings is 1. The molecule has 134 valence electrons. The summed E-state index contributed by atoms with van der Waals surface area (Å²) in [7, 11) is 0.540. The van der Waals surface area contributed by atoms with Gasteiger partial charge in [-0.15, -0.1) is 0 Å². The Balaban J connectivity index is 1.81. The molecule has 1 aliphatic rings. The van der Waals surface area contributed by atoms with E-state index >= 15 is 0 Å². The summed E-state index contributed by atoms with van der Waals surface area (Å²) in [4.78, 5) is 10.7. The van der Waals surface area contributed by atoms with Crippen molar-refractivity contribution in [3.8, 4) is 5.75 Å². The fourth-order valence-electron chi connectivity index (χ4n) is 2.91. The first-order valence-electron chi connectivity index (χ1n) is 8.06. The summed E-state index contributed by atoms with van der Waals surface area (Å²) in [6.07, 6.45) is 2.28. The van der Waals surface area contributed by atoms with E-state index in [1.54, 1.807) is 19.4 Å². The van der Waals surface area contributed by atoms with Crippen LogP contribution in [0.15, 0.2) is 30.5 Å². The molecule has 0 spiro atoms. The van der Waals surface area contributed by atoms with Crippen LogP contribution in [0.3, 0.4) is 0 Å². The highest BCUT2D eigenvalue weighted by Crippen LogP contribution is 2.28. The van der Waals surface area contributed by atoms with Crippen molar-refractivity contribution in [2.45, 2.75) is 19.4 Å². The maximum absolute atomic E-state index is 11.7. The third-order valence-electron chi connectivity index (χ3n) is 4.36. The summed E-state index contributed by atoms with van der Waals surface area (Å²) in [6, 6.07) is 7.54. The Kier molecular flexibility index (Phi) is 4.80. The number of rotatable bonds is 5. The van der Waals surface area contributed by atoms with Gasteiger partial charge in [-0.1, -0.05) is 6.07 Å². The summed E-state index contributed by atoms with van der Waals surface area (Å²) in [5.41, 5.74) is 1.87. The summed E-state index contributed by atoms with van der Waals surface area (Å²) >= 11 is 0. The highest BCUT2D eigenvalue weighted by molar-refractivity contribution is 7.91. The second-order valence-electron chi connectivity index (χ2n) is 6.23. The molecule has 2 heterocycles. The second kappa shape index (κ2) is 6.87. The van der Waals surface area contributed by atoms with Crippen molar-refractivity contribution in [3.63, 3.8) is 0 Å². The molecule has 1 atom stereocenters. The lowest BCUT2D eigenvalue weighted by atomic mass is 10.2. The number of sulfone groups is 1. The SMILES string of the molecule is COc1ccc(C)cc1Nc1nccc(N(C)C2CCS(=O)(=O)C2)n1. The van der Waals surface area contributed by atoms with E-state index in [-0.39, 0.29) is 17.5 Å². The first-order chi connectivity index (χ1) is 11.9. The van der Waals surface area contributed by atoms with Crippen LogP contribution < -0.4 is 15.0 Å². The number of anilines is 3. The molecule has 1 N–H and O–H groups in total. The smallest absolute Gasteiger partial charge is 0.229 e. The standard InChI is InChI=1S/C17H22N4O3S/c1-12-4-5-15(24-3)14(10-12)19-17-18-8-6-16(20-17)21(2)13-7-9-25(22,23)11-13/h4-6,8,10,13H,7,9,11H2,1-3H3,(H,18,19,20). The van der Waals surface area contributed by atoms with E-state index in [0.29, 0.717) is 23.9 Å². The van der Waals surface area contributed by atoms with Gasteiger partial charge in [0.05, 0.1) is 24.3 Å². The molecule has 3 rings (SSSR count). The van der Waals surface area contributed by atoms with Gasteiger partial charge in [-0.3, -0.25) is 0 Å². The summed E-state index contributed by atoms with van der Waals surface area (Å²) in [5.74, 6) is 2.23. The van der Waals surface area contributed by atoms with Gasteiger partial charge >= 0.3 is 0 Å². The average molecular weight is 362 g/mol. The number of aromatic nitrogens is 2. The monoisotopic (exact) mass is 362 g/mol. The topological polar surface area (TPSA) is 84.4 Å². The number of ether oxygens (including phenoxy) is 1. The molecule has 1 aliphatic heterocycles. The van der Waals surface area contributed by atoms with Crippen LogP contribution in [-0.2, 0) is 9.84 Å². The maximum atomic E-state index is 11.7. The second-order valence-corrected chi connectivity index (χ2v) is 8.46. The fraction of sp³-hybridized carbons (Fsp3) is 0.412. The fourth-order valence-corrected chi connectivity index (χ4v) is 4.69. The van der Waals surface area contributed by atoms with Crippen LogP contribution in [0, 0.1) is 6.92 Å². The lowest BCUT2D eigenvalue weighted by Gasteiger charge is -2.24. The zero-order valence-corrected chi connectivity index (χ0v) is 15.4. The van der Waals surface area contributed by atoms with Crippen molar-refractivity contribution >= 4 is 27.3 Å². The Bertz CT molecular complexity index is 870. The molecule has 1 saturated heterocycles. The molecule has 1 aromatic heterocycles. The maximum Gasteiger partial charge on any atom is 0.229 e. The third kappa shape index (κ3) is 4.01. The van der Waals surface area contributed by atoms with Crippen LogP contribution in [-0.4, -0.2) is 50.1 Å². The molecule has 0 aliphatic carbocycles. The Labute approximate surface area is 148 Å². The van der Waals surface area contributed by atoms with E-state index in [4.69, 9.17) is 4.74 Å². The molecule has 0 amide bonds. The van der Waals surface area contributed by atoms with Gasteiger partial charge in [-0.2, -0.15) is 4.98 Å². The van der Waals surface area contributed by atoms with E-state index in [1.807, 2.05) is 37.1 Å². The van der Waals surface area contributed by atoms with Gasteiger partial charge < -0.3 is 15.0 Å². The number of aryl methyl sites for hydroxylation is 1. The molecular formula is C17H22N4O3S. The molecule has 0 bridgehead atoms. The van der Waals surface area contributed by atoms with Gasteiger partial charge in [0, 0.05) is 19.3 Å². The van der Waals surface area contributed by atoms with E-state index in [2.05, 4.69) is 15.3 Å². The lowest BCUT2D eigenvalue weighted by Crippen LogP contribution is -2.33. The normalized spacial score (nSPS) is 18.8. The van der Waals surface area contributed by atoms with Gasteiger partial charge in [0.2, 0.25) is 5.95 Å². The average Bonchev–Trinajstić information content (AvgIpc) is 2.95. The van der Waals surface area contributed by atoms with Gasteiger partial charge in [-0.25, -0.2) is 13.4 Å². The van der Waals surface area contributed by atoms with E-state index < -0.39 is 9.84 Å². The predicted octanol–water partition coefficient (Wildman–Crippen LogP) is 2.16. The lowest BCUT2D eigenvalue weighted by molar-refractivity contribution is 0.416. The molecule has 1 fully saturated rings. The molecule has 2 aromatic rings. The Morgan fingerprint density at radius 2 is 2.12 bits per heavy atom. The largest absolute Gasteiger partial charge is 0.495 e. The molecule has 1 aromatic carbocycles. The minimum absolute atomic E-state index is 0.0544. The first-order valence-corrected chi connectivity index (χ1v) is 9.88. The van der Waals surface area contributed by atoms with Crippen LogP contribution >= 0.6 is 0 Å². The Hall–Kier alpha value is -2.35. The van der Waals surface area contributed by atoms with E-state index in [9.17, 15) is 8.42 Å². The van der Waals surface area contributed by atoms with Crippen molar-refractivity contribution in [2.75, 3.05) is 35.9 Å². The minimum atomic E-state index is -2.94. The summed E-state index contributed by atoms with van der Waals surface area (Å²) in [6.45, 7) is 2.00.